The van der Waals surface area contributed by atoms with Crippen LogP contribution in [-0.2, 0) is 16.0 Å². The SMILES string of the molecule is COc1ccc(CC(=O)C(=O)O)cc1OC. The van der Waals surface area contributed by atoms with Gasteiger partial charge in [0.25, 0.3) is 0 Å². The molecular weight excluding hydrogens is 212 g/mol. The lowest BCUT2D eigenvalue weighted by Gasteiger charge is -2.08. The lowest BCUT2D eigenvalue weighted by Crippen LogP contribution is -2.15. The van der Waals surface area contributed by atoms with Crippen molar-refractivity contribution in [3.63, 3.8) is 0 Å². The molecule has 0 unspecified atom stereocenters. The Morgan fingerprint density at radius 2 is 1.81 bits per heavy atom. The topological polar surface area (TPSA) is 72.8 Å². The maximum atomic E-state index is 11.0. The Bertz CT molecular complexity index is 411. The summed E-state index contributed by atoms with van der Waals surface area (Å²) in [6, 6.07) is 4.84. The molecule has 0 aliphatic carbocycles. The number of carboxylic acid groups (broad SMARTS) is 1. The van der Waals surface area contributed by atoms with Crippen LogP contribution in [-0.4, -0.2) is 31.1 Å². The predicted octanol–water partition coefficient (Wildman–Crippen LogP) is 0.900. The first-order chi connectivity index (χ1) is 7.58. The summed E-state index contributed by atoms with van der Waals surface area (Å²) in [6.45, 7) is 0. The molecule has 0 amide bonds. The van der Waals surface area contributed by atoms with E-state index in [9.17, 15) is 9.59 Å². The van der Waals surface area contributed by atoms with E-state index in [0.717, 1.165) is 0 Å². The van der Waals surface area contributed by atoms with E-state index >= 15 is 0 Å². The summed E-state index contributed by atoms with van der Waals surface area (Å²) in [5, 5.41) is 8.47. The molecule has 0 fully saturated rings. The van der Waals surface area contributed by atoms with E-state index < -0.39 is 11.8 Å². The van der Waals surface area contributed by atoms with Crippen LogP contribution in [0.2, 0.25) is 0 Å². The lowest BCUT2D eigenvalue weighted by molar-refractivity contribution is -0.148. The number of aliphatic carboxylic acids is 1. The maximum absolute atomic E-state index is 11.0. The summed E-state index contributed by atoms with van der Waals surface area (Å²) in [6.07, 6.45) is -0.157. The number of carbonyl (C=O) groups excluding carboxylic acids is 1. The second-order valence-corrected chi connectivity index (χ2v) is 3.09. The highest BCUT2D eigenvalue weighted by Crippen LogP contribution is 2.27. The van der Waals surface area contributed by atoms with Crippen LogP contribution in [0.4, 0.5) is 0 Å². The number of ketones is 1. The molecule has 86 valence electrons. The predicted molar refractivity (Wildman–Crippen MR) is 55.9 cm³/mol. The number of carbonyl (C=O) groups is 2. The highest BCUT2D eigenvalue weighted by atomic mass is 16.5. The van der Waals surface area contributed by atoms with Gasteiger partial charge in [-0.1, -0.05) is 6.07 Å². The summed E-state index contributed by atoms with van der Waals surface area (Å²) in [5.74, 6) is -1.28. The smallest absolute Gasteiger partial charge is 0.372 e. The Morgan fingerprint density at radius 3 is 2.31 bits per heavy atom. The Balaban J connectivity index is 2.91. The molecule has 0 aromatic heterocycles. The first-order valence-corrected chi connectivity index (χ1v) is 4.55. The number of ether oxygens (including phenoxy) is 2. The Labute approximate surface area is 92.6 Å². The van der Waals surface area contributed by atoms with Gasteiger partial charge in [0.2, 0.25) is 5.78 Å². The largest absolute Gasteiger partial charge is 0.493 e. The van der Waals surface area contributed by atoms with Gasteiger partial charge >= 0.3 is 5.97 Å². The van der Waals surface area contributed by atoms with Crippen LogP contribution in [0.25, 0.3) is 0 Å². The fraction of sp³-hybridized carbons (Fsp3) is 0.273. The van der Waals surface area contributed by atoms with Gasteiger partial charge in [-0.05, 0) is 17.7 Å². The fourth-order valence-corrected chi connectivity index (χ4v) is 1.25. The maximum Gasteiger partial charge on any atom is 0.372 e. The van der Waals surface area contributed by atoms with Crippen molar-refractivity contribution >= 4 is 11.8 Å². The molecule has 1 aromatic carbocycles. The van der Waals surface area contributed by atoms with Gasteiger partial charge in [0.05, 0.1) is 14.2 Å². The zero-order valence-corrected chi connectivity index (χ0v) is 9.02. The molecule has 5 heteroatoms. The molecule has 0 radical (unpaired) electrons. The molecule has 0 saturated carbocycles. The Kier molecular flexibility index (Phi) is 3.88. The van der Waals surface area contributed by atoms with Crippen LogP contribution >= 0.6 is 0 Å². The summed E-state index contributed by atoms with van der Waals surface area (Å²) in [4.78, 5) is 21.4. The second kappa shape index (κ2) is 5.16. The average Bonchev–Trinajstić information content (AvgIpc) is 2.28. The number of Topliss-reactive ketones (excluding diaryl/α,β-unsaturated/α-hetero) is 1. The van der Waals surface area contributed by atoms with Gasteiger partial charge in [0, 0.05) is 6.42 Å². The quantitative estimate of drug-likeness (QED) is 0.752. The van der Waals surface area contributed by atoms with Crippen molar-refractivity contribution in [1.29, 1.82) is 0 Å². The van der Waals surface area contributed by atoms with E-state index in [0.29, 0.717) is 17.1 Å². The van der Waals surface area contributed by atoms with E-state index in [1.165, 1.54) is 14.2 Å². The Morgan fingerprint density at radius 1 is 1.19 bits per heavy atom. The van der Waals surface area contributed by atoms with Gasteiger partial charge in [-0.25, -0.2) is 4.79 Å². The van der Waals surface area contributed by atoms with Gasteiger partial charge in [0.15, 0.2) is 11.5 Å². The van der Waals surface area contributed by atoms with Crippen molar-refractivity contribution in [2.45, 2.75) is 6.42 Å². The number of carboxylic acids is 1. The normalized spacial score (nSPS) is 9.62. The number of benzene rings is 1. The van der Waals surface area contributed by atoms with Crippen molar-refractivity contribution < 1.29 is 24.2 Å². The monoisotopic (exact) mass is 224 g/mol. The van der Waals surface area contributed by atoms with Gasteiger partial charge in [-0.2, -0.15) is 0 Å². The lowest BCUT2D eigenvalue weighted by atomic mass is 10.1. The summed E-state index contributed by atoms with van der Waals surface area (Å²) >= 11 is 0. The zero-order valence-electron chi connectivity index (χ0n) is 9.02. The van der Waals surface area contributed by atoms with E-state index in [-0.39, 0.29) is 6.42 Å². The number of hydrogen-bond acceptors (Lipinski definition) is 4. The van der Waals surface area contributed by atoms with Crippen LogP contribution in [0, 0.1) is 0 Å². The first kappa shape index (κ1) is 12.0. The van der Waals surface area contributed by atoms with Crippen LogP contribution in [0.3, 0.4) is 0 Å². The fourth-order valence-electron chi connectivity index (χ4n) is 1.25. The van der Waals surface area contributed by atoms with E-state index in [2.05, 4.69) is 0 Å². The standard InChI is InChI=1S/C11H12O5/c1-15-9-4-3-7(6-10(9)16-2)5-8(12)11(13)14/h3-4,6H,5H2,1-2H3,(H,13,14). The average molecular weight is 224 g/mol. The zero-order chi connectivity index (χ0) is 12.1. The molecule has 0 heterocycles. The third-order valence-corrected chi connectivity index (χ3v) is 2.05. The second-order valence-electron chi connectivity index (χ2n) is 3.09. The number of methoxy groups -OCH3 is 2. The van der Waals surface area contributed by atoms with Crippen LogP contribution in [0.1, 0.15) is 5.56 Å². The molecule has 0 aliphatic rings. The minimum absolute atomic E-state index is 0.157. The molecule has 1 N–H and O–H groups in total. The van der Waals surface area contributed by atoms with Crippen molar-refractivity contribution in [2.24, 2.45) is 0 Å². The molecule has 0 bridgehead atoms. The summed E-state index contributed by atoms with van der Waals surface area (Å²) < 4.78 is 10.1. The van der Waals surface area contributed by atoms with Gasteiger partial charge < -0.3 is 14.6 Å². The summed E-state index contributed by atoms with van der Waals surface area (Å²) in [5.41, 5.74) is 0.574. The van der Waals surface area contributed by atoms with Gasteiger partial charge in [0.1, 0.15) is 0 Å². The highest BCUT2D eigenvalue weighted by molar-refractivity contribution is 6.33. The van der Waals surface area contributed by atoms with Gasteiger partial charge in [-0.15, -0.1) is 0 Å². The molecule has 0 saturated heterocycles. The molecule has 5 nitrogen and oxygen atoms in total. The molecule has 0 spiro atoms. The minimum atomic E-state index is -1.44. The molecule has 0 atom stereocenters. The molecule has 1 aromatic rings. The van der Waals surface area contributed by atoms with Crippen molar-refractivity contribution in [3.05, 3.63) is 23.8 Å². The highest BCUT2D eigenvalue weighted by Gasteiger charge is 2.13. The van der Waals surface area contributed by atoms with Gasteiger partial charge in [-0.3, -0.25) is 4.79 Å². The number of hydrogen-bond donors (Lipinski definition) is 1. The Hall–Kier alpha value is -2.04. The van der Waals surface area contributed by atoms with Crippen molar-refractivity contribution in [3.8, 4) is 11.5 Å². The van der Waals surface area contributed by atoms with Crippen LogP contribution in [0.15, 0.2) is 18.2 Å². The third-order valence-electron chi connectivity index (χ3n) is 2.05. The van der Waals surface area contributed by atoms with Crippen LogP contribution < -0.4 is 9.47 Å². The summed E-state index contributed by atoms with van der Waals surface area (Å²) in [7, 11) is 2.97. The van der Waals surface area contributed by atoms with Crippen LogP contribution in [0.5, 0.6) is 11.5 Å². The molecule has 0 aliphatic heterocycles. The van der Waals surface area contributed by atoms with E-state index in [1.807, 2.05) is 0 Å². The van der Waals surface area contributed by atoms with E-state index in [4.69, 9.17) is 14.6 Å². The van der Waals surface area contributed by atoms with E-state index in [1.54, 1.807) is 18.2 Å². The molecule has 1 rings (SSSR count). The molecular formula is C11H12O5. The first-order valence-electron chi connectivity index (χ1n) is 4.55. The third kappa shape index (κ3) is 2.73. The van der Waals surface area contributed by atoms with Crippen molar-refractivity contribution in [1.82, 2.24) is 0 Å². The minimum Gasteiger partial charge on any atom is -0.493 e. The van der Waals surface area contributed by atoms with Crippen molar-refractivity contribution in [2.75, 3.05) is 14.2 Å². The molecule has 16 heavy (non-hydrogen) atoms. The number of rotatable bonds is 5.